The van der Waals surface area contributed by atoms with E-state index in [1.54, 1.807) is 0 Å². The third-order valence-corrected chi connectivity index (χ3v) is 5.95. The van der Waals surface area contributed by atoms with Gasteiger partial charge in [-0.05, 0) is 38.0 Å². The Balaban J connectivity index is 1.99. The Kier molecular flexibility index (Phi) is 7.26. The van der Waals surface area contributed by atoms with E-state index in [4.69, 9.17) is 4.99 Å². The van der Waals surface area contributed by atoms with Crippen molar-refractivity contribution < 1.29 is 0 Å². The molecule has 0 spiro atoms. The SMILES string of the molecule is CCCC(CC)CC1(C=NC2CCCCC2)CCCCC1. The summed E-state index contributed by atoms with van der Waals surface area (Å²) in [6, 6.07) is 0.656. The van der Waals surface area contributed by atoms with E-state index in [2.05, 4.69) is 20.1 Å². The van der Waals surface area contributed by atoms with Crippen LogP contribution in [0.25, 0.3) is 0 Å². The first kappa shape index (κ1) is 17.0. The Bertz CT molecular complexity index is 295. The van der Waals surface area contributed by atoms with E-state index in [-0.39, 0.29) is 0 Å². The molecule has 1 unspecified atom stereocenters. The summed E-state index contributed by atoms with van der Waals surface area (Å²) < 4.78 is 0. The second-order valence-corrected chi connectivity index (χ2v) is 7.76. The highest BCUT2D eigenvalue weighted by Crippen LogP contribution is 2.42. The van der Waals surface area contributed by atoms with E-state index in [1.165, 1.54) is 89.9 Å². The first-order chi connectivity index (χ1) is 10.3. The predicted octanol–water partition coefficient (Wildman–Crippen LogP) is 6.56. The molecule has 0 heterocycles. The maximum atomic E-state index is 5.10. The van der Waals surface area contributed by atoms with Crippen molar-refractivity contribution in [2.75, 3.05) is 0 Å². The summed E-state index contributed by atoms with van der Waals surface area (Å²) in [4.78, 5) is 5.10. The highest BCUT2D eigenvalue weighted by Gasteiger charge is 2.32. The van der Waals surface area contributed by atoms with Crippen LogP contribution in [0, 0.1) is 11.3 Å². The van der Waals surface area contributed by atoms with E-state index in [1.807, 2.05) is 0 Å². The fourth-order valence-electron chi connectivity index (χ4n) is 4.57. The number of rotatable bonds is 7. The van der Waals surface area contributed by atoms with Crippen molar-refractivity contribution in [2.45, 2.75) is 110 Å². The summed E-state index contributed by atoms with van der Waals surface area (Å²) in [7, 11) is 0. The third kappa shape index (κ3) is 5.42. The number of nitrogens with zero attached hydrogens (tertiary/aromatic N) is 1. The van der Waals surface area contributed by atoms with Crippen molar-refractivity contribution in [3.05, 3.63) is 0 Å². The first-order valence-electron chi connectivity index (χ1n) is 9.82. The molecular weight excluding hydrogens is 254 g/mol. The van der Waals surface area contributed by atoms with Gasteiger partial charge in [0.25, 0.3) is 0 Å². The molecule has 0 bridgehead atoms. The lowest BCUT2D eigenvalue weighted by Gasteiger charge is -2.37. The van der Waals surface area contributed by atoms with Gasteiger partial charge in [0, 0.05) is 17.7 Å². The monoisotopic (exact) mass is 291 g/mol. The molecule has 0 aromatic rings. The van der Waals surface area contributed by atoms with Crippen LogP contribution in [0.1, 0.15) is 104 Å². The van der Waals surface area contributed by atoms with Crippen molar-refractivity contribution >= 4 is 6.21 Å². The molecule has 2 rings (SSSR count). The number of hydrogen-bond acceptors (Lipinski definition) is 1. The van der Waals surface area contributed by atoms with Gasteiger partial charge in [-0.25, -0.2) is 0 Å². The topological polar surface area (TPSA) is 12.4 Å². The van der Waals surface area contributed by atoms with Crippen LogP contribution in [0.2, 0.25) is 0 Å². The molecule has 0 amide bonds. The Labute approximate surface area is 133 Å². The molecule has 1 nitrogen and oxygen atoms in total. The molecule has 2 saturated carbocycles. The molecule has 122 valence electrons. The second kappa shape index (κ2) is 8.96. The maximum Gasteiger partial charge on any atom is 0.0496 e. The zero-order valence-electron chi connectivity index (χ0n) is 14.6. The van der Waals surface area contributed by atoms with Crippen molar-refractivity contribution in [3.63, 3.8) is 0 Å². The van der Waals surface area contributed by atoms with Crippen molar-refractivity contribution in [1.29, 1.82) is 0 Å². The van der Waals surface area contributed by atoms with Gasteiger partial charge in [0.1, 0.15) is 0 Å². The van der Waals surface area contributed by atoms with Crippen LogP contribution in [0.3, 0.4) is 0 Å². The zero-order chi connectivity index (χ0) is 15.0. The summed E-state index contributed by atoms with van der Waals surface area (Å²) in [5.74, 6) is 0.922. The molecule has 1 atom stereocenters. The molecule has 2 aliphatic rings. The Hall–Kier alpha value is -0.330. The van der Waals surface area contributed by atoms with Gasteiger partial charge in [-0.3, -0.25) is 4.99 Å². The minimum absolute atomic E-state index is 0.464. The van der Waals surface area contributed by atoms with E-state index in [9.17, 15) is 0 Å². The van der Waals surface area contributed by atoms with Gasteiger partial charge in [-0.1, -0.05) is 71.6 Å². The minimum Gasteiger partial charge on any atom is -0.294 e. The normalized spacial score (nSPS) is 25.2. The molecule has 1 heteroatoms. The zero-order valence-corrected chi connectivity index (χ0v) is 14.6. The number of hydrogen-bond donors (Lipinski definition) is 0. The molecule has 0 aromatic heterocycles. The van der Waals surface area contributed by atoms with E-state index in [0.29, 0.717) is 11.5 Å². The van der Waals surface area contributed by atoms with Crippen LogP contribution in [0.5, 0.6) is 0 Å². The predicted molar refractivity (Wildman–Crippen MR) is 94.2 cm³/mol. The van der Waals surface area contributed by atoms with Crippen LogP contribution in [0.4, 0.5) is 0 Å². The van der Waals surface area contributed by atoms with Crippen LogP contribution >= 0.6 is 0 Å². The van der Waals surface area contributed by atoms with Gasteiger partial charge in [-0.2, -0.15) is 0 Å². The van der Waals surface area contributed by atoms with Crippen molar-refractivity contribution in [2.24, 2.45) is 16.3 Å². The molecular formula is C20H37N. The smallest absolute Gasteiger partial charge is 0.0496 e. The number of aliphatic imine (C=N–C) groups is 1. The summed E-state index contributed by atoms with van der Waals surface area (Å²) in [6.07, 6.45) is 22.0. The van der Waals surface area contributed by atoms with Gasteiger partial charge >= 0.3 is 0 Å². The highest BCUT2D eigenvalue weighted by atomic mass is 14.8. The van der Waals surface area contributed by atoms with Crippen molar-refractivity contribution in [1.82, 2.24) is 0 Å². The largest absolute Gasteiger partial charge is 0.294 e. The van der Waals surface area contributed by atoms with Gasteiger partial charge in [0.2, 0.25) is 0 Å². The lowest BCUT2D eigenvalue weighted by Crippen LogP contribution is -2.29. The molecule has 0 saturated heterocycles. The standard InChI is InChI=1S/C20H37N/c1-3-11-18(4-2)16-20(14-9-6-10-15-20)17-21-19-12-7-5-8-13-19/h17-19H,3-16H2,1-2H3. The minimum atomic E-state index is 0.464. The average molecular weight is 292 g/mol. The Morgan fingerprint density at radius 1 is 1.00 bits per heavy atom. The lowest BCUT2D eigenvalue weighted by atomic mass is 9.68. The van der Waals surface area contributed by atoms with E-state index >= 15 is 0 Å². The summed E-state index contributed by atoms with van der Waals surface area (Å²) in [5.41, 5.74) is 0.464. The average Bonchev–Trinajstić information content (AvgIpc) is 2.54. The molecule has 0 N–H and O–H groups in total. The first-order valence-corrected chi connectivity index (χ1v) is 9.82. The molecule has 2 fully saturated rings. The fraction of sp³-hybridized carbons (Fsp3) is 0.950. The third-order valence-electron chi connectivity index (χ3n) is 5.95. The Morgan fingerprint density at radius 3 is 2.29 bits per heavy atom. The van der Waals surface area contributed by atoms with E-state index in [0.717, 1.165) is 5.92 Å². The molecule has 0 radical (unpaired) electrons. The van der Waals surface area contributed by atoms with Gasteiger partial charge in [0.05, 0.1) is 0 Å². The van der Waals surface area contributed by atoms with Gasteiger partial charge in [-0.15, -0.1) is 0 Å². The van der Waals surface area contributed by atoms with Crippen LogP contribution in [0.15, 0.2) is 4.99 Å². The van der Waals surface area contributed by atoms with Crippen molar-refractivity contribution in [3.8, 4) is 0 Å². The van der Waals surface area contributed by atoms with Gasteiger partial charge < -0.3 is 0 Å². The molecule has 2 aliphatic carbocycles. The fourth-order valence-corrected chi connectivity index (χ4v) is 4.57. The molecule has 21 heavy (non-hydrogen) atoms. The van der Waals surface area contributed by atoms with E-state index < -0.39 is 0 Å². The lowest BCUT2D eigenvalue weighted by molar-refractivity contribution is 0.218. The summed E-state index contributed by atoms with van der Waals surface area (Å²) in [5, 5.41) is 0. The second-order valence-electron chi connectivity index (χ2n) is 7.76. The summed E-state index contributed by atoms with van der Waals surface area (Å²) >= 11 is 0. The Morgan fingerprint density at radius 2 is 1.67 bits per heavy atom. The van der Waals surface area contributed by atoms with Crippen LogP contribution in [-0.2, 0) is 0 Å². The van der Waals surface area contributed by atoms with Crippen LogP contribution in [-0.4, -0.2) is 12.3 Å². The van der Waals surface area contributed by atoms with Gasteiger partial charge in [0.15, 0.2) is 0 Å². The molecule has 0 aliphatic heterocycles. The van der Waals surface area contributed by atoms with Crippen LogP contribution < -0.4 is 0 Å². The summed E-state index contributed by atoms with van der Waals surface area (Å²) in [6.45, 7) is 4.72. The molecule has 0 aromatic carbocycles. The highest BCUT2D eigenvalue weighted by molar-refractivity contribution is 5.66. The quantitative estimate of drug-likeness (QED) is 0.471. The maximum absolute atomic E-state index is 5.10.